The van der Waals surface area contributed by atoms with E-state index in [0.29, 0.717) is 12.8 Å². The van der Waals surface area contributed by atoms with Gasteiger partial charge in [-0.05, 0) is 62.5 Å². The number of carbonyl (C=O) groups excluding carboxylic acids is 2. The van der Waals surface area contributed by atoms with Crippen LogP contribution in [-0.4, -0.2) is 24.9 Å². The minimum Gasteiger partial charge on any atom is -0.356 e. The van der Waals surface area contributed by atoms with Crippen LogP contribution in [0.5, 0.6) is 0 Å². The summed E-state index contributed by atoms with van der Waals surface area (Å²) in [5.41, 5.74) is 2.69. The quantitative estimate of drug-likeness (QED) is 0.415. The molecule has 0 aliphatic rings. The van der Waals surface area contributed by atoms with Gasteiger partial charge in [0.1, 0.15) is 0 Å². The van der Waals surface area contributed by atoms with E-state index in [4.69, 9.17) is 0 Å². The molecule has 2 rings (SSSR count). The number of amides is 2. The Morgan fingerprint density at radius 1 is 0.533 bits per heavy atom. The summed E-state index contributed by atoms with van der Waals surface area (Å²) in [6, 6.07) is 20.8. The number of rotatable bonds is 15. The predicted molar refractivity (Wildman–Crippen MR) is 123 cm³/mol. The molecule has 2 N–H and O–H groups in total. The molecule has 4 heteroatoms. The number of hydrogen-bond acceptors (Lipinski definition) is 2. The van der Waals surface area contributed by atoms with Crippen LogP contribution in [0.25, 0.3) is 0 Å². The molecule has 0 atom stereocenters. The SMILES string of the molecule is O=C(CCCCC(=O)NCCCCc1ccccc1)NCCCCc1ccccc1. The van der Waals surface area contributed by atoms with Gasteiger partial charge in [0, 0.05) is 25.9 Å². The molecule has 4 nitrogen and oxygen atoms in total. The molecule has 0 saturated carbocycles. The lowest BCUT2D eigenvalue weighted by atomic mass is 10.1. The van der Waals surface area contributed by atoms with Crippen molar-refractivity contribution >= 4 is 11.8 Å². The van der Waals surface area contributed by atoms with Crippen molar-refractivity contribution in [1.82, 2.24) is 10.6 Å². The Morgan fingerprint density at radius 2 is 0.933 bits per heavy atom. The smallest absolute Gasteiger partial charge is 0.219 e. The van der Waals surface area contributed by atoms with Crippen molar-refractivity contribution in [2.75, 3.05) is 13.1 Å². The maximum absolute atomic E-state index is 11.9. The molecule has 0 heterocycles. The van der Waals surface area contributed by atoms with Crippen molar-refractivity contribution in [3.8, 4) is 0 Å². The number of aryl methyl sites for hydroxylation is 2. The van der Waals surface area contributed by atoms with Crippen LogP contribution in [0.3, 0.4) is 0 Å². The Hall–Kier alpha value is -2.62. The lowest BCUT2D eigenvalue weighted by molar-refractivity contribution is -0.123. The molecule has 0 aliphatic heterocycles. The topological polar surface area (TPSA) is 58.2 Å². The Balaban J connectivity index is 1.37. The minimum atomic E-state index is 0.0935. The van der Waals surface area contributed by atoms with Crippen LogP contribution < -0.4 is 10.6 Å². The van der Waals surface area contributed by atoms with Gasteiger partial charge in [-0.2, -0.15) is 0 Å². The Bertz CT molecular complexity index is 653. The van der Waals surface area contributed by atoms with E-state index in [9.17, 15) is 9.59 Å². The molecule has 0 unspecified atom stereocenters. The van der Waals surface area contributed by atoms with Gasteiger partial charge in [-0.3, -0.25) is 9.59 Å². The Labute approximate surface area is 181 Å². The summed E-state index contributed by atoms with van der Waals surface area (Å²) in [5.74, 6) is 0.187. The van der Waals surface area contributed by atoms with E-state index in [0.717, 1.165) is 64.5 Å². The second kappa shape index (κ2) is 15.3. The first-order valence-corrected chi connectivity index (χ1v) is 11.4. The predicted octanol–water partition coefficient (Wildman–Crippen LogP) is 4.83. The van der Waals surface area contributed by atoms with E-state index >= 15 is 0 Å². The summed E-state index contributed by atoms with van der Waals surface area (Å²) in [7, 11) is 0. The van der Waals surface area contributed by atoms with Crippen LogP contribution in [0.15, 0.2) is 60.7 Å². The third kappa shape index (κ3) is 11.4. The minimum absolute atomic E-state index is 0.0935. The molecular formula is C26H36N2O2. The summed E-state index contributed by atoms with van der Waals surface area (Å²) in [5, 5.41) is 5.96. The second-order valence-electron chi connectivity index (χ2n) is 7.79. The van der Waals surface area contributed by atoms with Crippen LogP contribution in [0.1, 0.15) is 62.5 Å². The van der Waals surface area contributed by atoms with E-state index in [1.54, 1.807) is 0 Å². The van der Waals surface area contributed by atoms with Crippen molar-refractivity contribution in [1.29, 1.82) is 0 Å². The largest absolute Gasteiger partial charge is 0.356 e. The van der Waals surface area contributed by atoms with Gasteiger partial charge in [-0.15, -0.1) is 0 Å². The molecule has 0 fully saturated rings. The highest BCUT2D eigenvalue weighted by Gasteiger charge is 2.04. The lowest BCUT2D eigenvalue weighted by Gasteiger charge is -2.07. The molecule has 162 valence electrons. The summed E-state index contributed by atoms with van der Waals surface area (Å²) < 4.78 is 0. The fraction of sp³-hybridized carbons (Fsp3) is 0.462. The fourth-order valence-electron chi connectivity index (χ4n) is 3.40. The van der Waals surface area contributed by atoms with E-state index in [-0.39, 0.29) is 11.8 Å². The van der Waals surface area contributed by atoms with E-state index < -0.39 is 0 Å². The highest BCUT2D eigenvalue weighted by molar-refractivity contribution is 5.77. The first-order valence-electron chi connectivity index (χ1n) is 11.4. The standard InChI is InChI=1S/C26H36N2O2/c29-25(27-21-11-9-17-23-13-3-1-4-14-23)19-7-8-20-26(30)28-22-12-10-18-24-15-5-2-6-16-24/h1-6,13-16H,7-12,17-22H2,(H,27,29)(H,28,30). The summed E-state index contributed by atoms with van der Waals surface area (Å²) in [6.07, 6.45) is 8.78. The molecule has 0 bridgehead atoms. The van der Waals surface area contributed by atoms with Crippen LogP contribution in [0, 0.1) is 0 Å². The van der Waals surface area contributed by atoms with Gasteiger partial charge in [-0.1, -0.05) is 60.7 Å². The molecule has 2 aromatic rings. The summed E-state index contributed by atoms with van der Waals surface area (Å²) in [6.45, 7) is 1.46. The molecule has 0 aromatic heterocycles. The van der Waals surface area contributed by atoms with E-state index in [2.05, 4.69) is 59.2 Å². The van der Waals surface area contributed by atoms with Gasteiger partial charge in [0.2, 0.25) is 11.8 Å². The highest BCUT2D eigenvalue weighted by Crippen LogP contribution is 2.05. The molecule has 2 aromatic carbocycles. The van der Waals surface area contributed by atoms with Crippen LogP contribution in [0.2, 0.25) is 0 Å². The molecule has 0 radical (unpaired) electrons. The van der Waals surface area contributed by atoms with Gasteiger partial charge in [-0.25, -0.2) is 0 Å². The summed E-state index contributed by atoms with van der Waals surface area (Å²) in [4.78, 5) is 23.7. The molecule has 0 saturated heterocycles. The van der Waals surface area contributed by atoms with Crippen molar-refractivity contribution in [3.63, 3.8) is 0 Å². The van der Waals surface area contributed by atoms with Crippen LogP contribution in [0.4, 0.5) is 0 Å². The van der Waals surface area contributed by atoms with Crippen molar-refractivity contribution in [3.05, 3.63) is 71.8 Å². The van der Waals surface area contributed by atoms with E-state index in [1.807, 2.05) is 12.1 Å². The third-order valence-corrected chi connectivity index (χ3v) is 5.17. The van der Waals surface area contributed by atoms with Crippen LogP contribution >= 0.6 is 0 Å². The number of unbranched alkanes of at least 4 members (excludes halogenated alkanes) is 3. The first-order chi connectivity index (χ1) is 14.7. The molecular weight excluding hydrogens is 372 g/mol. The zero-order chi connectivity index (χ0) is 21.3. The first kappa shape index (κ1) is 23.7. The number of benzene rings is 2. The fourth-order valence-corrected chi connectivity index (χ4v) is 3.40. The molecule has 2 amide bonds. The number of carbonyl (C=O) groups is 2. The van der Waals surface area contributed by atoms with Crippen molar-refractivity contribution < 1.29 is 9.59 Å². The number of nitrogens with one attached hydrogen (secondary N) is 2. The molecule has 30 heavy (non-hydrogen) atoms. The number of hydrogen-bond donors (Lipinski definition) is 2. The van der Waals surface area contributed by atoms with Gasteiger partial charge >= 0.3 is 0 Å². The molecule has 0 aliphatic carbocycles. The van der Waals surface area contributed by atoms with E-state index in [1.165, 1.54) is 11.1 Å². The summed E-state index contributed by atoms with van der Waals surface area (Å²) >= 11 is 0. The average molecular weight is 409 g/mol. The maximum atomic E-state index is 11.9. The second-order valence-corrected chi connectivity index (χ2v) is 7.79. The normalized spacial score (nSPS) is 10.5. The zero-order valence-electron chi connectivity index (χ0n) is 18.1. The average Bonchev–Trinajstić information content (AvgIpc) is 2.78. The highest BCUT2D eigenvalue weighted by atomic mass is 16.2. The maximum Gasteiger partial charge on any atom is 0.219 e. The lowest BCUT2D eigenvalue weighted by Crippen LogP contribution is -2.25. The van der Waals surface area contributed by atoms with Gasteiger partial charge in [0.25, 0.3) is 0 Å². The van der Waals surface area contributed by atoms with Crippen molar-refractivity contribution in [2.24, 2.45) is 0 Å². The third-order valence-electron chi connectivity index (χ3n) is 5.17. The zero-order valence-corrected chi connectivity index (χ0v) is 18.1. The van der Waals surface area contributed by atoms with Crippen molar-refractivity contribution in [2.45, 2.75) is 64.2 Å². The monoisotopic (exact) mass is 408 g/mol. The van der Waals surface area contributed by atoms with Gasteiger partial charge in [0.15, 0.2) is 0 Å². The Kier molecular flexibility index (Phi) is 12.0. The van der Waals surface area contributed by atoms with Gasteiger partial charge in [0.05, 0.1) is 0 Å². The Morgan fingerprint density at radius 3 is 1.33 bits per heavy atom. The van der Waals surface area contributed by atoms with Gasteiger partial charge < -0.3 is 10.6 Å². The molecule has 0 spiro atoms. The van der Waals surface area contributed by atoms with Crippen LogP contribution in [-0.2, 0) is 22.4 Å².